The number of benzene rings is 1. The topological polar surface area (TPSA) is 137 Å². The number of aryl methyl sites for hydroxylation is 2. The average molecular weight is 520 g/mol. The van der Waals surface area contributed by atoms with Gasteiger partial charge in [-0.25, -0.2) is 23.7 Å². The van der Waals surface area contributed by atoms with Crippen molar-refractivity contribution in [1.82, 2.24) is 29.7 Å². The first-order valence-corrected chi connectivity index (χ1v) is 11.6. The summed E-state index contributed by atoms with van der Waals surface area (Å²) in [6.07, 6.45) is 7.69. The molecule has 38 heavy (non-hydrogen) atoms. The zero-order valence-electron chi connectivity index (χ0n) is 20.5. The maximum absolute atomic E-state index is 15.1. The summed E-state index contributed by atoms with van der Waals surface area (Å²) in [5.41, 5.74) is 7.43. The van der Waals surface area contributed by atoms with Gasteiger partial charge < -0.3 is 20.7 Å². The van der Waals surface area contributed by atoms with Gasteiger partial charge in [-0.05, 0) is 36.8 Å². The van der Waals surface area contributed by atoms with Gasteiger partial charge in [-0.1, -0.05) is 6.07 Å². The molecule has 1 saturated heterocycles. The van der Waals surface area contributed by atoms with Crippen LogP contribution in [0.15, 0.2) is 61.0 Å². The molecule has 5 rings (SSSR count). The van der Waals surface area contributed by atoms with E-state index in [2.05, 4.69) is 30.4 Å². The van der Waals surface area contributed by atoms with Crippen LogP contribution in [0.4, 0.5) is 26.2 Å². The monoisotopic (exact) mass is 519 g/mol. The summed E-state index contributed by atoms with van der Waals surface area (Å²) >= 11 is 0. The molecule has 3 N–H and O–H groups in total. The normalized spacial score (nSPS) is 13.8. The van der Waals surface area contributed by atoms with Crippen molar-refractivity contribution in [3.8, 4) is 22.9 Å². The fraction of sp³-hybridized carbons (Fsp3) is 0.200. The third-order valence-corrected chi connectivity index (χ3v) is 5.77. The van der Waals surface area contributed by atoms with Gasteiger partial charge >= 0.3 is 6.01 Å². The van der Waals surface area contributed by atoms with Crippen LogP contribution in [0.3, 0.4) is 0 Å². The molecule has 0 atom stereocenters. The Bertz CT molecular complexity index is 1530. The number of hydrogen-bond acceptors (Lipinski definition) is 9. The van der Waals surface area contributed by atoms with Crippen molar-refractivity contribution in [2.45, 2.75) is 6.92 Å². The summed E-state index contributed by atoms with van der Waals surface area (Å²) in [7, 11) is 1.78. The third-order valence-electron chi connectivity index (χ3n) is 5.77. The molecule has 0 aliphatic carbocycles. The molecule has 1 aliphatic rings. The van der Waals surface area contributed by atoms with Gasteiger partial charge in [0, 0.05) is 55.9 Å². The van der Waals surface area contributed by atoms with Crippen molar-refractivity contribution in [1.29, 1.82) is 0 Å². The number of nitrogens with two attached hydrogens (primary N) is 1. The van der Waals surface area contributed by atoms with E-state index in [1.807, 2.05) is 4.90 Å². The van der Waals surface area contributed by atoms with Crippen molar-refractivity contribution < 1.29 is 18.3 Å². The van der Waals surface area contributed by atoms with E-state index in [1.54, 1.807) is 49.4 Å². The summed E-state index contributed by atoms with van der Waals surface area (Å²) < 4.78 is 35.9. The molecule has 1 fully saturated rings. The molecule has 0 spiro atoms. The van der Waals surface area contributed by atoms with Gasteiger partial charge in [0.15, 0.2) is 17.4 Å². The fourth-order valence-corrected chi connectivity index (χ4v) is 3.90. The molecule has 1 aliphatic heterocycles. The third kappa shape index (κ3) is 5.40. The number of anilines is 3. The van der Waals surface area contributed by atoms with E-state index in [1.165, 1.54) is 24.4 Å². The summed E-state index contributed by atoms with van der Waals surface area (Å²) in [5, 5.41) is 7.20. The Morgan fingerprint density at radius 1 is 1.21 bits per heavy atom. The van der Waals surface area contributed by atoms with E-state index in [9.17, 15) is 9.18 Å². The highest BCUT2D eigenvalue weighted by molar-refractivity contribution is 5.89. The number of rotatable bonds is 8. The number of carbonyl (C=O) groups excluding carboxylic acids is 1. The summed E-state index contributed by atoms with van der Waals surface area (Å²) in [6.45, 7) is 2.54. The Balaban J connectivity index is 1.44. The smallest absolute Gasteiger partial charge is 0.322 e. The SMILES string of the molecule is Cc1ccnc(Oc2ccc(-c3cnc(Nc4cnn(C)c4)nc3N3CC(C=C(F)C(N)=O)C3)cc2F)n1. The molecule has 1 amide bonds. The van der Waals surface area contributed by atoms with Crippen LogP contribution < -0.4 is 20.7 Å². The largest absolute Gasteiger partial charge is 0.421 e. The molecule has 0 unspecified atom stereocenters. The molecule has 3 aromatic heterocycles. The molecule has 194 valence electrons. The van der Waals surface area contributed by atoms with Gasteiger partial charge in [-0.3, -0.25) is 9.48 Å². The van der Waals surface area contributed by atoms with Crippen molar-refractivity contribution >= 4 is 23.4 Å². The van der Waals surface area contributed by atoms with E-state index < -0.39 is 17.6 Å². The number of ether oxygens (including phenoxy) is 1. The van der Waals surface area contributed by atoms with Crippen LogP contribution in [-0.2, 0) is 11.8 Å². The van der Waals surface area contributed by atoms with Crippen LogP contribution in [0, 0.1) is 18.7 Å². The number of nitrogens with zero attached hydrogens (tertiary/aromatic N) is 7. The quantitative estimate of drug-likeness (QED) is 0.336. The number of aromatic nitrogens is 6. The number of nitrogens with one attached hydrogen (secondary N) is 1. The van der Waals surface area contributed by atoms with Crippen molar-refractivity contribution in [2.24, 2.45) is 18.7 Å². The zero-order valence-corrected chi connectivity index (χ0v) is 20.5. The van der Waals surface area contributed by atoms with Crippen LogP contribution in [-0.4, -0.2) is 48.7 Å². The van der Waals surface area contributed by atoms with Crippen LogP contribution in [0.1, 0.15) is 5.69 Å². The fourth-order valence-electron chi connectivity index (χ4n) is 3.90. The molecule has 1 aromatic carbocycles. The van der Waals surface area contributed by atoms with Gasteiger partial charge in [0.2, 0.25) is 5.95 Å². The van der Waals surface area contributed by atoms with Gasteiger partial charge in [0.25, 0.3) is 5.91 Å². The Morgan fingerprint density at radius 2 is 2.03 bits per heavy atom. The number of primary amides is 1. The second-order valence-corrected chi connectivity index (χ2v) is 8.73. The second kappa shape index (κ2) is 10.2. The predicted molar refractivity (Wildman–Crippen MR) is 135 cm³/mol. The van der Waals surface area contributed by atoms with Crippen LogP contribution >= 0.6 is 0 Å². The highest BCUT2D eigenvalue weighted by Gasteiger charge is 2.30. The number of carbonyl (C=O) groups is 1. The molecule has 0 saturated carbocycles. The van der Waals surface area contributed by atoms with Crippen molar-refractivity contribution in [3.63, 3.8) is 0 Å². The van der Waals surface area contributed by atoms with Crippen molar-refractivity contribution in [3.05, 3.63) is 72.5 Å². The molecule has 11 nitrogen and oxygen atoms in total. The van der Waals surface area contributed by atoms with Crippen LogP contribution in [0.5, 0.6) is 11.8 Å². The Kier molecular flexibility index (Phi) is 6.64. The maximum atomic E-state index is 15.1. The highest BCUT2D eigenvalue weighted by atomic mass is 19.1. The summed E-state index contributed by atoms with van der Waals surface area (Å²) in [6, 6.07) is 6.21. The Morgan fingerprint density at radius 3 is 2.71 bits per heavy atom. The van der Waals surface area contributed by atoms with Gasteiger partial charge in [-0.15, -0.1) is 0 Å². The van der Waals surface area contributed by atoms with Gasteiger partial charge in [0.1, 0.15) is 5.82 Å². The molecule has 4 aromatic rings. The first-order valence-electron chi connectivity index (χ1n) is 11.6. The molecule has 0 radical (unpaired) electrons. The zero-order chi connectivity index (χ0) is 26.8. The minimum Gasteiger partial charge on any atom is -0.421 e. The maximum Gasteiger partial charge on any atom is 0.322 e. The molecule has 0 bridgehead atoms. The van der Waals surface area contributed by atoms with Gasteiger partial charge in [-0.2, -0.15) is 10.1 Å². The van der Waals surface area contributed by atoms with E-state index in [4.69, 9.17) is 10.5 Å². The second-order valence-electron chi connectivity index (χ2n) is 8.73. The van der Waals surface area contributed by atoms with E-state index in [0.29, 0.717) is 47.4 Å². The van der Waals surface area contributed by atoms with E-state index in [-0.39, 0.29) is 17.7 Å². The predicted octanol–water partition coefficient (Wildman–Crippen LogP) is 3.43. The molecule has 4 heterocycles. The van der Waals surface area contributed by atoms with Gasteiger partial charge in [0.05, 0.1) is 11.9 Å². The van der Waals surface area contributed by atoms with Crippen LogP contribution in [0.2, 0.25) is 0 Å². The lowest BCUT2D eigenvalue weighted by Gasteiger charge is -2.39. The lowest BCUT2D eigenvalue weighted by atomic mass is 9.97. The molecular formula is C25H23F2N9O2. The number of hydrogen-bond donors (Lipinski definition) is 2. The molecular weight excluding hydrogens is 496 g/mol. The molecule has 13 heteroatoms. The van der Waals surface area contributed by atoms with Crippen molar-refractivity contribution in [2.75, 3.05) is 23.3 Å². The summed E-state index contributed by atoms with van der Waals surface area (Å²) in [4.78, 5) is 30.1. The lowest BCUT2D eigenvalue weighted by molar-refractivity contribution is -0.115. The minimum absolute atomic E-state index is 0.0345. The first kappa shape index (κ1) is 24.7. The standard InChI is InChI=1S/C25H23F2N9O2/c1-14-5-6-29-25(32-14)38-21-4-3-16(8-19(21)26)18-10-30-24(33-17-9-31-35(2)13-17)34-23(18)36-11-15(12-36)7-20(27)22(28)37/h3-10,13,15H,11-12H2,1-2H3,(H2,28,37)(H,30,33,34). The van der Waals surface area contributed by atoms with Crippen LogP contribution in [0.25, 0.3) is 11.1 Å². The van der Waals surface area contributed by atoms with E-state index in [0.717, 1.165) is 0 Å². The lowest BCUT2D eigenvalue weighted by Crippen LogP contribution is -2.46. The first-order chi connectivity index (χ1) is 18.2. The number of halogens is 2. The Hall–Kier alpha value is -4.94. The highest BCUT2D eigenvalue weighted by Crippen LogP contribution is 2.36. The minimum atomic E-state index is -1.11. The van der Waals surface area contributed by atoms with E-state index >= 15 is 4.39 Å². The summed E-state index contributed by atoms with van der Waals surface area (Å²) in [5.74, 6) is -2.17. The number of amides is 1. The Labute approximate surface area is 216 Å². The average Bonchev–Trinajstić information content (AvgIpc) is 3.26.